The second-order valence-electron chi connectivity index (χ2n) is 4.22. The summed E-state index contributed by atoms with van der Waals surface area (Å²) < 4.78 is 0. The van der Waals surface area contributed by atoms with Crippen molar-refractivity contribution in [3.8, 4) is 0 Å². The molecule has 3 nitrogen and oxygen atoms in total. The molecule has 76 valence electrons. The van der Waals surface area contributed by atoms with Crippen LogP contribution in [0.2, 0.25) is 0 Å². The number of ketones is 1. The maximum absolute atomic E-state index is 11.7. The summed E-state index contributed by atoms with van der Waals surface area (Å²) in [6.07, 6.45) is 0.984. The van der Waals surface area contributed by atoms with Gasteiger partial charge in [0.05, 0.1) is 0 Å². The van der Waals surface area contributed by atoms with E-state index in [1.54, 1.807) is 11.9 Å². The van der Waals surface area contributed by atoms with Gasteiger partial charge in [-0.15, -0.1) is 0 Å². The van der Waals surface area contributed by atoms with E-state index in [-0.39, 0.29) is 17.6 Å². The van der Waals surface area contributed by atoms with Gasteiger partial charge in [-0.2, -0.15) is 0 Å². The minimum Gasteiger partial charge on any atom is -0.315 e. The van der Waals surface area contributed by atoms with Gasteiger partial charge in [-0.1, -0.05) is 12.1 Å². The number of rotatable bonds is 0. The summed E-state index contributed by atoms with van der Waals surface area (Å²) in [5, 5.41) is 0. The first-order chi connectivity index (χ1) is 7.18. The Morgan fingerprint density at radius 3 is 2.87 bits per heavy atom. The van der Waals surface area contributed by atoms with Crippen LogP contribution in [-0.2, 0) is 4.79 Å². The van der Waals surface area contributed by atoms with Gasteiger partial charge < -0.3 is 4.90 Å². The standard InChI is InChI=1S/C12H11NO2/c1-13-9-4-2-3-8-10(14)5-7(12(8)9)6-11(13)15/h2-4,7H,5-6H2,1H3. The molecule has 1 aliphatic carbocycles. The fourth-order valence-corrected chi connectivity index (χ4v) is 2.61. The van der Waals surface area contributed by atoms with Crippen molar-refractivity contribution in [1.82, 2.24) is 0 Å². The highest BCUT2D eigenvalue weighted by atomic mass is 16.2. The molecule has 15 heavy (non-hydrogen) atoms. The summed E-state index contributed by atoms with van der Waals surface area (Å²) >= 11 is 0. The van der Waals surface area contributed by atoms with Gasteiger partial charge in [-0.3, -0.25) is 9.59 Å². The lowest BCUT2D eigenvalue weighted by Crippen LogP contribution is -2.32. The summed E-state index contributed by atoms with van der Waals surface area (Å²) in [5.74, 6) is 0.423. The maximum atomic E-state index is 11.7. The van der Waals surface area contributed by atoms with Crippen LogP contribution in [0.15, 0.2) is 18.2 Å². The largest absolute Gasteiger partial charge is 0.315 e. The third-order valence-corrected chi connectivity index (χ3v) is 3.38. The van der Waals surface area contributed by atoms with Crippen molar-refractivity contribution in [1.29, 1.82) is 0 Å². The Labute approximate surface area is 87.7 Å². The molecule has 3 heteroatoms. The summed E-state index contributed by atoms with van der Waals surface area (Å²) in [5.41, 5.74) is 2.82. The van der Waals surface area contributed by atoms with E-state index in [9.17, 15) is 9.59 Å². The monoisotopic (exact) mass is 201 g/mol. The fraction of sp³-hybridized carbons (Fsp3) is 0.333. The molecule has 3 rings (SSSR count). The number of carbonyl (C=O) groups excluding carboxylic acids is 2. The first-order valence-corrected chi connectivity index (χ1v) is 5.11. The zero-order valence-electron chi connectivity index (χ0n) is 8.49. The van der Waals surface area contributed by atoms with Gasteiger partial charge in [0.15, 0.2) is 5.78 Å². The molecule has 0 spiro atoms. The minimum atomic E-state index is 0.111. The van der Waals surface area contributed by atoms with Crippen LogP contribution in [0.3, 0.4) is 0 Å². The third kappa shape index (κ3) is 1.00. The number of hydrogen-bond donors (Lipinski definition) is 0. The van der Waals surface area contributed by atoms with E-state index in [0.717, 1.165) is 16.8 Å². The summed E-state index contributed by atoms with van der Waals surface area (Å²) in [7, 11) is 1.77. The Hall–Kier alpha value is -1.64. The highest BCUT2D eigenvalue weighted by molar-refractivity contribution is 6.08. The van der Waals surface area contributed by atoms with Crippen molar-refractivity contribution in [2.45, 2.75) is 18.8 Å². The van der Waals surface area contributed by atoms with Gasteiger partial charge in [0.1, 0.15) is 0 Å². The van der Waals surface area contributed by atoms with E-state index in [2.05, 4.69) is 0 Å². The molecule has 2 aliphatic rings. The van der Waals surface area contributed by atoms with E-state index in [1.807, 2.05) is 18.2 Å². The zero-order valence-corrected chi connectivity index (χ0v) is 8.49. The van der Waals surface area contributed by atoms with E-state index in [4.69, 9.17) is 0 Å². The first kappa shape index (κ1) is 8.65. The van der Waals surface area contributed by atoms with Crippen LogP contribution in [0.4, 0.5) is 5.69 Å². The second kappa shape index (κ2) is 2.69. The molecule has 0 saturated carbocycles. The molecule has 0 N–H and O–H groups in total. The number of amides is 1. The predicted octanol–water partition coefficient (Wildman–Crippen LogP) is 1.72. The molecule has 1 unspecified atom stereocenters. The lowest BCUT2D eigenvalue weighted by Gasteiger charge is -2.28. The Balaban J connectivity index is 2.28. The first-order valence-electron chi connectivity index (χ1n) is 5.11. The molecule has 0 bridgehead atoms. The normalized spacial score (nSPS) is 23.3. The van der Waals surface area contributed by atoms with Gasteiger partial charge >= 0.3 is 0 Å². The number of carbonyl (C=O) groups is 2. The van der Waals surface area contributed by atoms with Crippen LogP contribution < -0.4 is 4.90 Å². The molecule has 1 aromatic rings. The van der Waals surface area contributed by atoms with Crippen LogP contribution in [-0.4, -0.2) is 18.7 Å². The van der Waals surface area contributed by atoms with Gasteiger partial charge in [-0.25, -0.2) is 0 Å². The van der Waals surface area contributed by atoms with E-state index < -0.39 is 0 Å². The van der Waals surface area contributed by atoms with Crippen molar-refractivity contribution in [2.75, 3.05) is 11.9 Å². The second-order valence-corrected chi connectivity index (χ2v) is 4.22. The van der Waals surface area contributed by atoms with Gasteiger partial charge in [0, 0.05) is 37.1 Å². The Kier molecular flexibility index (Phi) is 1.55. The van der Waals surface area contributed by atoms with E-state index in [1.165, 1.54) is 0 Å². The number of Topliss-reactive ketones (excluding diaryl/α,β-unsaturated/α-hetero) is 1. The molecule has 1 aliphatic heterocycles. The van der Waals surface area contributed by atoms with Crippen molar-refractivity contribution in [3.63, 3.8) is 0 Å². The van der Waals surface area contributed by atoms with Gasteiger partial charge in [0.2, 0.25) is 5.91 Å². The van der Waals surface area contributed by atoms with Crippen molar-refractivity contribution >= 4 is 17.4 Å². The summed E-state index contributed by atoms with van der Waals surface area (Å²) in [4.78, 5) is 25.0. The van der Waals surface area contributed by atoms with E-state index >= 15 is 0 Å². The smallest absolute Gasteiger partial charge is 0.227 e. The summed E-state index contributed by atoms with van der Waals surface area (Å²) in [6.45, 7) is 0. The number of anilines is 1. The minimum absolute atomic E-state index is 0.111. The van der Waals surface area contributed by atoms with Crippen LogP contribution in [0, 0.1) is 0 Å². The van der Waals surface area contributed by atoms with Crippen LogP contribution in [0.1, 0.15) is 34.7 Å². The average molecular weight is 201 g/mol. The molecule has 1 atom stereocenters. The van der Waals surface area contributed by atoms with Crippen LogP contribution >= 0.6 is 0 Å². The quantitative estimate of drug-likeness (QED) is 0.641. The number of benzene rings is 1. The Bertz CT molecular complexity index is 479. The fourth-order valence-electron chi connectivity index (χ4n) is 2.61. The van der Waals surface area contributed by atoms with Gasteiger partial charge in [-0.05, 0) is 11.6 Å². The topological polar surface area (TPSA) is 37.4 Å². The molecule has 0 saturated heterocycles. The highest BCUT2D eigenvalue weighted by Crippen LogP contribution is 2.44. The Morgan fingerprint density at radius 2 is 2.07 bits per heavy atom. The lowest BCUT2D eigenvalue weighted by molar-refractivity contribution is -0.119. The molecule has 1 aromatic carbocycles. The third-order valence-electron chi connectivity index (χ3n) is 3.38. The lowest BCUT2D eigenvalue weighted by atomic mass is 9.91. The SMILES string of the molecule is CN1C(=O)CC2CC(=O)c3cccc1c32. The zero-order chi connectivity index (χ0) is 10.6. The maximum Gasteiger partial charge on any atom is 0.227 e. The molecular formula is C12H11NO2. The molecular weight excluding hydrogens is 190 g/mol. The number of hydrogen-bond acceptors (Lipinski definition) is 2. The molecule has 0 fully saturated rings. The highest BCUT2D eigenvalue weighted by Gasteiger charge is 2.38. The van der Waals surface area contributed by atoms with Crippen LogP contribution in [0.25, 0.3) is 0 Å². The Morgan fingerprint density at radius 1 is 1.27 bits per heavy atom. The molecule has 1 amide bonds. The average Bonchev–Trinajstić information content (AvgIpc) is 2.54. The molecule has 1 heterocycles. The summed E-state index contributed by atoms with van der Waals surface area (Å²) in [6, 6.07) is 5.63. The predicted molar refractivity (Wildman–Crippen MR) is 56.2 cm³/mol. The van der Waals surface area contributed by atoms with Crippen molar-refractivity contribution < 1.29 is 9.59 Å². The van der Waals surface area contributed by atoms with E-state index in [0.29, 0.717) is 12.8 Å². The van der Waals surface area contributed by atoms with Gasteiger partial charge in [0.25, 0.3) is 0 Å². The number of nitrogens with zero attached hydrogens (tertiary/aromatic N) is 1. The van der Waals surface area contributed by atoms with Crippen molar-refractivity contribution in [3.05, 3.63) is 29.3 Å². The van der Waals surface area contributed by atoms with Crippen LogP contribution in [0.5, 0.6) is 0 Å². The van der Waals surface area contributed by atoms with Crippen molar-refractivity contribution in [2.24, 2.45) is 0 Å². The molecule has 0 radical (unpaired) electrons. The molecule has 0 aromatic heterocycles.